The first-order valence-electron chi connectivity index (χ1n) is 6.02. The van der Waals surface area contributed by atoms with Crippen molar-refractivity contribution < 1.29 is 4.74 Å². The molecule has 1 atom stereocenters. The predicted molar refractivity (Wildman–Crippen MR) is 62.1 cm³/mol. The highest BCUT2D eigenvalue weighted by Crippen LogP contribution is 2.26. The van der Waals surface area contributed by atoms with Crippen LogP contribution in [0.3, 0.4) is 0 Å². The van der Waals surface area contributed by atoms with Crippen molar-refractivity contribution in [3.63, 3.8) is 0 Å². The summed E-state index contributed by atoms with van der Waals surface area (Å²) in [5, 5.41) is 0. The van der Waals surface area contributed by atoms with E-state index < -0.39 is 0 Å². The van der Waals surface area contributed by atoms with Gasteiger partial charge in [0.2, 0.25) is 0 Å². The maximum atomic E-state index is 5.40. The molecule has 88 valence electrons. The van der Waals surface area contributed by atoms with Gasteiger partial charge in [-0.2, -0.15) is 0 Å². The third-order valence-electron chi connectivity index (χ3n) is 3.84. The topological polar surface area (TPSA) is 15.7 Å². The highest BCUT2D eigenvalue weighted by Gasteiger charge is 2.39. The van der Waals surface area contributed by atoms with Gasteiger partial charge in [0, 0.05) is 44.9 Å². The molecule has 0 aromatic heterocycles. The van der Waals surface area contributed by atoms with Gasteiger partial charge in [-0.3, -0.25) is 9.80 Å². The van der Waals surface area contributed by atoms with Crippen LogP contribution in [0.25, 0.3) is 0 Å². The summed E-state index contributed by atoms with van der Waals surface area (Å²) in [5.41, 5.74) is 0.344. The van der Waals surface area contributed by atoms with Crippen molar-refractivity contribution in [3.05, 3.63) is 0 Å². The van der Waals surface area contributed by atoms with Crippen molar-refractivity contribution in [2.45, 2.75) is 44.9 Å². The summed E-state index contributed by atoms with van der Waals surface area (Å²) in [5.74, 6) is 0. The Labute approximate surface area is 93.4 Å². The van der Waals surface area contributed by atoms with E-state index in [4.69, 9.17) is 4.74 Å². The molecule has 2 heterocycles. The van der Waals surface area contributed by atoms with E-state index in [1.165, 1.54) is 26.1 Å². The maximum Gasteiger partial charge on any atom is 0.0710 e. The fourth-order valence-electron chi connectivity index (χ4n) is 2.51. The van der Waals surface area contributed by atoms with Crippen LogP contribution in [0, 0.1) is 0 Å². The fourth-order valence-corrected chi connectivity index (χ4v) is 2.51. The zero-order valence-corrected chi connectivity index (χ0v) is 10.5. The first kappa shape index (κ1) is 11.4. The van der Waals surface area contributed by atoms with Crippen molar-refractivity contribution in [1.82, 2.24) is 9.80 Å². The second kappa shape index (κ2) is 4.04. The third-order valence-corrected chi connectivity index (χ3v) is 3.84. The standard InChI is InChI=1S/C12H24N2O/c1-12(2,3)14-7-10(8-14)13-6-5-11(9-13)15-4/h10-11H,5-9H2,1-4H3/t11-/m0/s1. The van der Waals surface area contributed by atoms with E-state index in [1.54, 1.807) is 0 Å². The molecule has 0 N–H and O–H groups in total. The molecule has 0 radical (unpaired) electrons. The minimum Gasteiger partial charge on any atom is -0.380 e. The lowest BCUT2D eigenvalue weighted by atomic mass is 9.97. The monoisotopic (exact) mass is 212 g/mol. The van der Waals surface area contributed by atoms with E-state index in [0.717, 1.165) is 12.6 Å². The van der Waals surface area contributed by atoms with E-state index in [-0.39, 0.29) is 0 Å². The van der Waals surface area contributed by atoms with Gasteiger partial charge in [-0.05, 0) is 27.2 Å². The Morgan fingerprint density at radius 3 is 2.27 bits per heavy atom. The lowest BCUT2D eigenvalue weighted by Gasteiger charge is -2.50. The fraction of sp³-hybridized carbons (Fsp3) is 1.00. The van der Waals surface area contributed by atoms with Crippen LogP contribution in [0.1, 0.15) is 27.2 Å². The number of ether oxygens (including phenoxy) is 1. The van der Waals surface area contributed by atoms with Gasteiger partial charge in [-0.25, -0.2) is 0 Å². The normalized spacial score (nSPS) is 30.8. The quantitative estimate of drug-likeness (QED) is 0.684. The molecule has 0 aliphatic carbocycles. The van der Waals surface area contributed by atoms with Crippen LogP contribution in [0.4, 0.5) is 0 Å². The molecule has 3 heteroatoms. The first-order valence-corrected chi connectivity index (χ1v) is 6.02. The third kappa shape index (κ3) is 2.35. The number of methoxy groups -OCH3 is 1. The van der Waals surface area contributed by atoms with E-state index in [1.807, 2.05) is 7.11 Å². The average molecular weight is 212 g/mol. The van der Waals surface area contributed by atoms with Crippen LogP contribution in [0.2, 0.25) is 0 Å². The van der Waals surface area contributed by atoms with Gasteiger partial charge in [-0.1, -0.05) is 0 Å². The molecule has 0 amide bonds. The average Bonchev–Trinajstić information content (AvgIpc) is 2.47. The Bertz CT molecular complexity index is 218. The Balaban J connectivity index is 1.76. The van der Waals surface area contributed by atoms with Crippen LogP contribution in [-0.2, 0) is 4.74 Å². The molecule has 0 saturated carbocycles. The van der Waals surface area contributed by atoms with E-state index in [0.29, 0.717) is 11.6 Å². The zero-order valence-electron chi connectivity index (χ0n) is 10.5. The molecule has 0 bridgehead atoms. The van der Waals surface area contributed by atoms with Crippen LogP contribution in [0.5, 0.6) is 0 Å². The molecule has 0 aromatic carbocycles. The second-order valence-corrected chi connectivity index (χ2v) is 5.87. The van der Waals surface area contributed by atoms with Crippen LogP contribution in [0.15, 0.2) is 0 Å². The number of rotatable bonds is 2. The molecule has 2 rings (SSSR count). The molecular weight excluding hydrogens is 188 g/mol. The lowest BCUT2D eigenvalue weighted by molar-refractivity contribution is -0.0190. The van der Waals surface area contributed by atoms with Crippen LogP contribution >= 0.6 is 0 Å². The van der Waals surface area contributed by atoms with Gasteiger partial charge in [0.1, 0.15) is 0 Å². The smallest absolute Gasteiger partial charge is 0.0710 e. The summed E-state index contributed by atoms with van der Waals surface area (Å²) in [6, 6.07) is 0.782. The largest absolute Gasteiger partial charge is 0.380 e. The SMILES string of the molecule is CO[C@H]1CCN(C2CN(C(C)(C)C)C2)C1. The summed E-state index contributed by atoms with van der Waals surface area (Å²) in [4.78, 5) is 5.15. The molecule has 3 nitrogen and oxygen atoms in total. The minimum atomic E-state index is 0.344. The van der Waals surface area contributed by atoms with Gasteiger partial charge in [0.05, 0.1) is 6.10 Å². The minimum absolute atomic E-state index is 0.344. The number of hydrogen-bond acceptors (Lipinski definition) is 3. The molecule has 2 aliphatic heterocycles. The van der Waals surface area contributed by atoms with Gasteiger partial charge in [0.15, 0.2) is 0 Å². The zero-order chi connectivity index (χ0) is 11.1. The Kier molecular flexibility index (Phi) is 3.06. The molecule has 0 spiro atoms. The van der Waals surface area contributed by atoms with Crippen LogP contribution in [-0.4, -0.2) is 60.8 Å². The Morgan fingerprint density at radius 1 is 1.13 bits per heavy atom. The summed E-state index contributed by atoms with van der Waals surface area (Å²) in [6.07, 6.45) is 1.69. The number of hydrogen-bond donors (Lipinski definition) is 0. The van der Waals surface area contributed by atoms with Crippen molar-refractivity contribution in [2.24, 2.45) is 0 Å². The molecule has 0 unspecified atom stereocenters. The highest BCUT2D eigenvalue weighted by atomic mass is 16.5. The summed E-state index contributed by atoms with van der Waals surface area (Å²) in [6.45, 7) is 11.7. The van der Waals surface area contributed by atoms with Crippen molar-refractivity contribution in [3.8, 4) is 0 Å². The van der Waals surface area contributed by atoms with Gasteiger partial charge in [-0.15, -0.1) is 0 Å². The molecular formula is C12H24N2O. The second-order valence-electron chi connectivity index (χ2n) is 5.87. The highest BCUT2D eigenvalue weighted by molar-refractivity contribution is 4.96. The first-order chi connectivity index (χ1) is 7.00. The van der Waals surface area contributed by atoms with Gasteiger partial charge < -0.3 is 4.74 Å². The van der Waals surface area contributed by atoms with Crippen LogP contribution < -0.4 is 0 Å². The van der Waals surface area contributed by atoms with E-state index in [9.17, 15) is 0 Å². The van der Waals surface area contributed by atoms with E-state index in [2.05, 4.69) is 30.6 Å². The Morgan fingerprint density at radius 2 is 1.80 bits per heavy atom. The summed E-state index contributed by atoms with van der Waals surface area (Å²) >= 11 is 0. The number of likely N-dealkylation sites (tertiary alicyclic amines) is 2. The number of nitrogens with zero attached hydrogens (tertiary/aromatic N) is 2. The van der Waals surface area contributed by atoms with Gasteiger partial charge >= 0.3 is 0 Å². The molecule has 15 heavy (non-hydrogen) atoms. The molecule has 2 saturated heterocycles. The lowest BCUT2D eigenvalue weighted by Crippen LogP contribution is -2.64. The van der Waals surface area contributed by atoms with Crippen molar-refractivity contribution in [2.75, 3.05) is 33.3 Å². The van der Waals surface area contributed by atoms with Gasteiger partial charge in [0.25, 0.3) is 0 Å². The predicted octanol–water partition coefficient (Wildman–Crippen LogP) is 1.19. The van der Waals surface area contributed by atoms with E-state index >= 15 is 0 Å². The van der Waals surface area contributed by atoms with Crippen molar-refractivity contribution >= 4 is 0 Å². The summed E-state index contributed by atoms with van der Waals surface area (Å²) < 4.78 is 5.40. The maximum absolute atomic E-state index is 5.40. The van der Waals surface area contributed by atoms with Crippen molar-refractivity contribution in [1.29, 1.82) is 0 Å². The molecule has 2 aliphatic rings. The Hall–Kier alpha value is -0.120. The molecule has 2 fully saturated rings. The molecule has 0 aromatic rings. The summed E-state index contributed by atoms with van der Waals surface area (Å²) in [7, 11) is 1.83.